The molecule has 0 fully saturated rings. The summed E-state index contributed by atoms with van der Waals surface area (Å²) in [6, 6.07) is 5.19. The van der Waals surface area contributed by atoms with E-state index in [4.69, 9.17) is 0 Å². The van der Waals surface area contributed by atoms with Gasteiger partial charge in [0.1, 0.15) is 0 Å². The molecular formula is C13H16F3N. The number of likely N-dealkylation sites (N-methyl/N-ethyl adjacent to an activating group) is 1. The molecule has 1 aromatic carbocycles. The van der Waals surface area contributed by atoms with Crippen LogP contribution in [0.15, 0.2) is 35.9 Å². The summed E-state index contributed by atoms with van der Waals surface area (Å²) < 4.78 is 37.7. The zero-order valence-corrected chi connectivity index (χ0v) is 10.1. The highest BCUT2D eigenvalue weighted by Crippen LogP contribution is 2.31. The number of halogens is 3. The van der Waals surface area contributed by atoms with E-state index in [-0.39, 0.29) is 6.04 Å². The smallest absolute Gasteiger partial charge is 0.310 e. The molecule has 0 aromatic heterocycles. The summed E-state index contributed by atoms with van der Waals surface area (Å²) >= 11 is 0. The van der Waals surface area contributed by atoms with Crippen LogP contribution in [0.3, 0.4) is 0 Å². The van der Waals surface area contributed by atoms with Gasteiger partial charge in [0, 0.05) is 0 Å². The van der Waals surface area contributed by atoms with Gasteiger partial charge < -0.3 is 5.32 Å². The van der Waals surface area contributed by atoms with Gasteiger partial charge in [0.15, 0.2) is 0 Å². The maximum atomic E-state index is 12.6. The summed E-state index contributed by atoms with van der Waals surface area (Å²) in [5.41, 5.74) is 1.06. The van der Waals surface area contributed by atoms with E-state index in [1.54, 1.807) is 13.1 Å². The van der Waals surface area contributed by atoms with Gasteiger partial charge in [0.05, 0.1) is 11.6 Å². The molecule has 0 spiro atoms. The largest absolute Gasteiger partial charge is 0.416 e. The molecule has 94 valence electrons. The monoisotopic (exact) mass is 243 g/mol. The van der Waals surface area contributed by atoms with Crippen molar-refractivity contribution in [3.63, 3.8) is 0 Å². The van der Waals surface area contributed by atoms with Gasteiger partial charge in [0.2, 0.25) is 0 Å². The number of alkyl halides is 3. The zero-order valence-electron chi connectivity index (χ0n) is 10.1. The molecule has 0 saturated heterocycles. The van der Waals surface area contributed by atoms with E-state index in [1.165, 1.54) is 12.1 Å². The standard InChI is InChI=1S/C13H16F3N/c1-9(2)7-12(17-3)10-5-4-6-11(8-10)13(14,15)16/h4-8,12,17H,1-3H3. The van der Waals surface area contributed by atoms with Crippen molar-refractivity contribution in [2.75, 3.05) is 7.05 Å². The van der Waals surface area contributed by atoms with Crippen molar-refractivity contribution in [3.8, 4) is 0 Å². The lowest BCUT2D eigenvalue weighted by atomic mass is 10.0. The van der Waals surface area contributed by atoms with E-state index in [1.807, 2.05) is 19.9 Å². The van der Waals surface area contributed by atoms with Gasteiger partial charge in [-0.05, 0) is 38.6 Å². The number of rotatable bonds is 3. The van der Waals surface area contributed by atoms with Crippen molar-refractivity contribution in [1.29, 1.82) is 0 Å². The lowest BCUT2D eigenvalue weighted by Crippen LogP contribution is -2.15. The fourth-order valence-electron chi connectivity index (χ4n) is 1.59. The second-order valence-corrected chi connectivity index (χ2v) is 4.13. The Morgan fingerprint density at radius 2 is 1.94 bits per heavy atom. The first-order chi connectivity index (χ1) is 7.84. The zero-order chi connectivity index (χ0) is 13.1. The maximum Gasteiger partial charge on any atom is 0.416 e. The van der Waals surface area contributed by atoms with Crippen molar-refractivity contribution in [1.82, 2.24) is 5.32 Å². The minimum Gasteiger partial charge on any atom is -0.310 e. The van der Waals surface area contributed by atoms with Crippen LogP contribution in [0.2, 0.25) is 0 Å². The second-order valence-electron chi connectivity index (χ2n) is 4.13. The van der Waals surface area contributed by atoms with E-state index < -0.39 is 11.7 Å². The second kappa shape index (κ2) is 5.36. The quantitative estimate of drug-likeness (QED) is 0.793. The molecular weight excluding hydrogens is 227 g/mol. The van der Waals surface area contributed by atoms with Crippen molar-refractivity contribution in [2.45, 2.75) is 26.1 Å². The van der Waals surface area contributed by atoms with Gasteiger partial charge in [-0.15, -0.1) is 0 Å². The number of nitrogens with one attached hydrogen (secondary N) is 1. The van der Waals surface area contributed by atoms with Gasteiger partial charge >= 0.3 is 6.18 Å². The Morgan fingerprint density at radius 3 is 2.41 bits per heavy atom. The minimum absolute atomic E-state index is 0.192. The fourth-order valence-corrected chi connectivity index (χ4v) is 1.59. The topological polar surface area (TPSA) is 12.0 Å². The molecule has 1 atom stereocenters. The fraction of sp³-hybridized carbons (Fsp3) is 0.385. The van der Waals surface area contributed by atoms with E-state index in [0.717, 1.165) is 11.6 Å². The molecule has 0 radical (unpaired) electrons. The summed E-state index contributed by atoms with van der Waals surface area (Å²) in [6.45, 7) is 3.83. The minimum atomic E-state index is -4.29. The van der Waals surface area contributed by atoms with Crippen LogP contribution in [0.5, 0.6) is 0 Å². The summed E-state index contributed by atoms with van der Waals surface area (Å²) in [5.74, 6) is 0. The predicted octanol–water partition coefficient (Wildman–Crippen LogP) is 3.93. The summed E-state index contributed by atoms with van der Waals surface area (Å²) in [4.78, 5) is 0. The Labute approximate surface area is 99.3 Å². The van der Waals surface area contributed by atoms with E-state index in [0.29, 0.717) is 5.56 Å². The van der Waals surface area contributed by atoms with E-state index in [2.05, 4.69) is 5.32 Å². The van der Waals surface area contributed by atoms with Gasteiger partial charge in [-0.3, -0.25) is 0 Å². The Bertz CT molecular complexity index is 403. The van der Waals surface area contributed by atoms with Gasteiger partial charge in [-0.25, -0.2) is 0 Å². The van der Waals surface area contributed by atoms with Crippen LogP contribution in [0, 0.1) is 0 Å². The molecule has 0 bridgehead atoms. The third-order valence-corrected chi connectivity index (χ3v) is 2.38. The lowest BCUT2D eigenvalue weighted by molar-refractivity contribution is -0.137. The summed E-state index contributed by atoms with van der Waals surface area (Å²) in [5, 5.41) is 2.98. The van der Waals surface area contributed by atoms with Crippen molar-refractivity contribution < 1.29 is 13.2 Å². The first-order valence-electron chi connectivity index (χ1n) is 5.34. The van der Waals surface area contributed by atoms with Crippen LogP contribution < -0.4 is 5.32 Å². The molecule has 0 aliphatic rings. The lowest BCUT2D eigenvalue weighted by Gasteiger charge is -2.15. The number of hydrogen-bond donors (Lipinski definition) is 1. The Hall–Kier alpha value is -1.29. The Balaban J connectivity index is 3.10. The van der Waals surface area contributed by atoms with Gasteiger partial charge in [-0.2, -0.15) is 13.2 Å². The first kappa shape index (κ1) is 13.8. The van der Waals surface area contributed by atoms with Crippen molar-refractivity contribution >= 4 is 0 Å². The molecule has 0 heterocycles. The number of benzene rings is 1. The maximum absolute atomic E-state index is 12.6. The molecule has 4 heteroatoms. The van der Waals surface area contributed by atoms with Crippen LogP contribution >= 0.6 is 0 Å². The highest BCUT2D eigenvalue weighted by Gasteiger charge is 2.30. The third-order valence-electron chi connectivity index (χ3n) is 2.38. The Morgan fingerprint density at radius 1 is 1.29 bits per heavy atom. The molecule has 17 heavy (non-hydrogen) atoms. The van der Waals surface area contributed by atoms with Crippen molar-refractivity contribution in [3.05, 3.63) is 47.0 Å². The van der Waals surface area contributed by atoms with E-state index in [9.17, 15) is 13.2 Å². The van der Waals surface area contributed by atoms with Crippen LogP contribution in [0.4, 0.5) is 13.2 Å². The molecule has 0 aliphatic carbocycles. The molecule has 0 amide bonds. The normalized spacial score (nSPS) is 13.3. The number of allylic oxidation sites excluding steroid dienone is 1. The first-order valence-corrected chi connectivity index (χ1v) is 5.34. The number of hydrogen-bond acceptors (Lipinski definition) is 1. The van der Waals surface area contributed by atoms with Crippen LogP contribution in [0.25, 0.3) is 0 Å². The third kappa shape index (κ3) is 3.89. The van der Waals surface area contributed by atoms with Crippen LogP contribution in [-0.2, 0) is 6.18 Å². The molecule has 1 aromatic rings. The predicted molar refractivity (Wildman–Crippen MR) is 62.7 cm³/mol. The van der Waals surface area contributed by atoms with Crippen LogP contribution in [-0.4, -0.2) is 7.05 Å². The molecule has 1 N–H and O–H groups in total. The highest BCUT2D eigenvalue weighted by molar-refractivity contribution is 5.30. The van der Waals surface area contributed by atoms with Gasteiger partial charge in [0.25, 0.3) is 0 Å². The van der Waals surface area contributed by atoms with Crippen molar-refractivity contribution in [2.24, 2.45) is 0 Å². The van der Waals surface area contributed by atoms with E-state index >= 15 is 0 Å². The molecule has 1 nitrogen and oxygen atoms in total. The average Bonchev–Trinajstić information content (AvgIpc) is 2.24. The highest BCUT2D eigenvalue weighted by atomic mass is 19.4. The average molecular weight is 243 g/mol. The Kier molecular flexibility index (Phi) is 4.34. The SMILES string of the molecule is CNC(C=C(C)C)c1cccc(C(F)(F)F)c1. The summed E-state index contributed by atoms with van der Waals surface area (Å²) in [7, 11) is 1.73. The molecule has 0 aliphatic heterocycles. The summed E-state index contributed by atoms with van der Waals surface area (Å²) in [6.07, 6.45) is -2.39. The molecule has 0 saturated carbocycles. The van der Waals surface area contributed by atoms with Crippen LogP contribution in [0.1, 0.15) is 31.0 Å². The molecule has 1 unspecified atom stereocenters. The molecule has 1 rings (SSSR count). The van der Waals surface area contributed by atoms with Gasteiger partial charge in [-0.1, -0.05) is 23.8 Å².